The summed E-state index contributed by atoms with van der Waals surface area (Å²) in [5.74, 6) is -1.21. The van der Waals surface area contributed by atoms with Gasteiger partial charge in [-0.05, 0) is 19.8 Å². The third-order valence-corrected chi connectivity index (χ3v) is 4.32. The predicted octanol–water partition coefficient (Wildman–Crippen LogP) is -0.725. The Hall–Kier alpha value is -0.700. The molecular weight excluding hydrogens is 260 g/mol. The smallest absolute Gasteiger partial charge is 0.303 e. The van der Waals surface area contributed by atoms with Gasteiger partial charge in [0.05, 0.1) is 17.9 Å². The summed E-state index contributed by atoms with van der Waals surface area (Å²) in [4.78, 5) is 10.3. The lowest BCUT2D eigenvalue weighted by molar-refractivity contribution is -0.137. The van der Waals surface area contributed by atoms with Crippen LogP contribution in [-0.4, -0.2) is 50.0 Å². The minimum absolute atomic E-state index is 0.0892. The number of hydrogen-bond donors (Lipinski definition) is 3. The number of rotatable bonds is 8. The first kappa shape index (κ1) is 15.4. The lowest BCUT2D eigenvalue weighted by atomic mass is 9.84. The van der Waals surface area contributed by atoms with Gasteiger partial charge < -0.3 is 15.6 Å². The van der Waals surface area contributed by atoms with Crippen LogP contribution >= 0.6 is 0 Å². The first-order valence-electron chi connectivity index (χ1n) is 5.94. The van der Waals surface area contributed by atoms with E-state index in [1.54, 1.807) is 0 Å². The molecule has 3 unspecified atom stereocenters. The molecule has 0 bridgehead atoms. The quantitative estimate of drug-likeness (QED) is 0.539. The molecule has 8 heteroatoms. The molecule has 18 heavy (non-hydrogen) atoms. The van der Waals surface area contributed by atoms with E-state index in [9.17, 15) is 13.2 Å². The van der Waals surface area contributed by atoms with Gasteiger partial charge in [0.1, 0.15) is 0 Å². The SMILES string of the molecule is CCOC1CC(N)C1NS(=O)(=O)CCCC(=O)O. The number of aliphatic carboxylic acids is 1. The highest BCUT2D eigenvalue weighted by Crippen LogP contribution is 2.23. The lowest BCUT2D eigenvalue weighted by Gasteiger charge is -2.42. The molecule has 0 spiro atoms. The fourth-order valence-corrected chi connectivity index (χ4v) is 3.25. The molecule has 0 aromatic carbocycles. The Morgan fingerprint density at radius 3 is 2.72 bits per heavy atom. The van der Waals surface area contributed by atoms with Gasteiger partial charge in [-0.1, -0.05) is 0 Å². The van der Waals surface area contributed by atoms with E-state index in [-0.39, 0.29) is 30.7 Å². The third-order valence-electron chi connectivity index (χ3n) is 2.87. The molecule has 0 aromatic heterocycles. The molecule has 0 amide bonds. The van der Waals surface area contributed by atoms with Crippen molar-refractivity contribution in [3.63, 3.8) is 0 Å². The maximum atomic E-state index is 11.7. The summed E-state index contributed by atoms with van der Waals surface area (Å²) in [6.07, 6.45) is 0.383. The highest BCUT2D eigenvalue weighted by atomic mass is 32.2. The molecule has 1 fully saturated rings. The normalized spacial score (nSPS) is 27.8. The Balaban J connectivity index is 2.41. The van der Waals surface area contributed by atoms with Gasteiger partial charge in [-0.15, -0.1) is 0 Å². The van der Waals surface area contributed by atoms with Crippen LogP contribution in [0, 0.1) is 0 Å². The number of sulfonamides is 1. The minimum atomic E-state index is -3.49. The molecule has 0 aliphatic heterocycles. The van der Waals surface area contributed by atoms with Crippen molar-refractivity contribution in [3.05, 3.63) is 0 Å². The predicted molar refractivity (Wildman–Crippen MR) is 65.6 cm³/mol. The molecule has 1 aliphatic rings. The van der Waals surface area contributed by atoms with Crippen molar-refractivity contribution in [2.75, 3.05) is 12.4 Å². The van der Waals surface area contributed by atoms with Gasteiger partial charge in [0, 0.05) is 19.1 Å². The molecule has 1 aliphatic carbocycles. The van der Waals surface area contributed by atoms with Crippen LogP contribution < -0.4 is 10.5 Å². The minimum Gasteiger partial charge on any atom is -0.481 e. The molecule has 0 aromatic rings. The van der Waals surface area contributed by atoms with E-state index in [2.05, 4.69) is 4.72 Å². The summed E-state index contributed by atoms with van der Waals surface area (Å²) < 4.78 is 31.2. The van der Waals surface area contributed by atoms with Gasteiger partial charge in [0.2, 0.25) is 10.0 Å². The van der Waals surface area contributed by atoms with Crippen LogP contribution in [0.2, 0.25) is 0 Å². The average Bonchev–Trinajstić information content (AvgIpc) is 2.25. The van der Waals surface area contributed by atoms with E-state index >= 15 is 0 Å². The third kappa shape index (κ3) is 4.52. The largest absolute Gasteiger partial charge is 0.481 e. The summed E-state index contributed by atoms with van der Waals surface area (Å²) in [7, 11) is -3.49. The van der Waals surface area contributed by atoms with Crippen LogP contribution in [0.25, 0.3) is 0 Å². The number of hydrogen-bond acceptors (Lipinski definition) is 5. The van der Waals surface area contributed by atoms with E-state index in [1.807, 2.05) is 6.92 Å². The number of carboxylic acids is 1. The van der Waals surface area contributed by atoms with Gasteiger partial charge in [-0.2, -0.15) is 0 Å². The monoisotopic (exact) mass is 280 g/mol. The van der Waals surface area contributed by atoms with Crippen molar-refractivity contribution in [1.82, 2.24) is 4.72 Å². The van der Waals surface area contributed by atoms with Crippen LogP contribution in [0.3, 0.4) is 0 Å². The van der Waals surface area contributed by atoms with E-state index in [0.717, 1.165) is 0 Å². The van der Waals surface area contributed by atoms with Gasteiger partial charge in [0.25, 0.3) is 0 Å². The van der Waals surface area contributed by atoms with Crippen molar-refractivity contribution in [2.24, 2.45) is 5.73 Å². The van der Waals surface area contributed by atoms with Gasteiger partial charge in [-0.25, -0.2) is 13.1 Å². The van der Waals surface area contributed by atoms with Crippen LogP contribution in [0.15, 0.2) is 0 Å². The van der Waals surface area contributed by atoms with E-state index in [0.29, 0.717) is 13.0 Å². The van der Waals surface area contributed by atoms with Crippen molar-refractivity contribution in [3.8, 4) is 0 Å². The zero-order chi connectivity index (χ0) is 13.8. The topological polar surface area (TPSA) is 119 Å². The van der Waals surface area contributed by atoms with E-state index in [1.165, 1.54) is 0 Å². The Bertz CT molecular complexity index is 382. The number of nitrogens with one attached hydrogen (secondary N) is 1. The molecule has 0 saturated heterocycles. The van der Waals surface area contributed by atoms with Crippen molar-refractivity contribution >= 4 is 16.0 Å². The molecule has 4 N–H and O–H groups in total. The maximum Gasteiger partial charge on any atom is 0.303 e. The molecule has 7 nitrogen and oxygen atoms in total. The number of ether oxygens (including phenoxy) is 1. The Morgan fingerprint density at radius 1 is 1.56 bits per heavy atom. The highest BCUT2D eigenvalue weighted by molar-refractivity contribution is 7.89. The first-order chi connectivity index (χ1) is 8.35. The molecule has 106 valence electrons. The Labute approximate surface area is 107 Å². The van der Waals surface area contributed by atoms with Crippen LogP contribution in [-0.2, 0) is 19.6 Å². The number of nitrogens with two attached hydrogens (primary N) is 1. The van der Waals surface area contributed by atoms with E-state index < -0.39 is 22.0 Å². The molecule has 0 radical (unpaired) electrons. The van der Waals surface area contributed by atoms with Crippen molar-refractivity contribution in [2.45, 2.75) is 44.4 Å². The van der Waals surface area contributed by atoms with Gasteiger partial charge in [0.15, 0.2) is 0 Å². The average molecular weight is 280 g/mol. The number of carbonyl (C=O) groups is 1. The van der Waals surface area contributed by atoms with Crippen molar-refractivity contribution < 1.29 is 23.1 Å². The molecule has 3 atom stereocenters. The fourth-order valence-electron chi connectivity index (χ4n) is 1.87. The maximum absolute atomic E-state index is 11.7. The first-order valence-corrected chi connectivity index (χ1v) is 7.60. The standard InChI is InChI=1S/C10H20N2O5S/c1-2-17-8-6-7(11)10(8)12-18(15,16)5-3-4-9(13)14/h7-8,10,12H,2-6,11H2,1H3,(H,13,14). The molecule has 1 rings (SSSR count). The zero-order valence-corrected chi connectivity index (χ0v) is 11.1. The summed E-state index contributed by atoms with van der Waals surface area (Å²) in [5.41, 5.74) is 5.73. The number of carboxylic acid groups (broad SMARTS) is 1. The fraction of sp³-hybridized carbons (Fsp3) is 0.900. The van der Waals surface area contributed by atoms with E-state index in [4.69, 9.17) is 15.6 Å². The van der Waals surface area contributed by atoms with Crippen LogP contribution in [0.4, 0.5) is 0 Å². The van der Waals surface area contributed by atoms with Crippen LogP contribution in [0.1, 0.15) is 26.2 Å². The zero-order valence-electron chi connectivity index (χ0n) is 10.3. The summed E-state index contributed by atoms with van der Waals surface area (Å²) >= 11 is 0. The Morgan fingerprint density at radius 2 is 2.22 bits per heavy atom. The highest BCUT2D eigenvalue weighted by Gasteiger charge is 2.41. The summed E-state index contributed by atoms with van der Waals surface area (Å²) in [6.45, 7) is 2.34. The lowest BCUT2D eigenvalue weighted by Crippen LogP contribution is -2.64. The Kier molecular flexibility index (Phi) is 5.51. The second kappa shape index (κ2) is 6.46. The summed E-state index contributed by atoms with van der Waals surface area (Å²) in [6, 6.07) is -0.643. The second-order valence-electron chi connectivity index (χ2n) is 4.35. The van der Waals surface area contributed by atoms with Gasteiger partial charge in [-0.3, -0.25) is 4.79 Å². The van der Waals surface area contributed by atoms with Gasteiger partial charge >= 0.3 is 5.97 Å². The second-order valence-corrected chi connectivity index (χ2v) is 6.23. The summed E-state index contributed by atoms with van der Waals surface area (Å²) in [5, 5.41) is 8.45. The molecule has 1 saturated carbocycles. The van der Waals surface area contributed by atoms with Crippen molar-refractivity contribution in [1.29, 1.82) is 0 Å². The molecular formula is C10H20N2O5S. The molecule has 0 heterocycles. The van der Waals surface area contributed by atoms with Crippen LogP contribution in [0.5, 0.6) is 0 Å².